The Balaban J connectivity index is 2.67. The highest BCUT2D eigenvalue weighted by atomic mass is 16.6. The Kier molecular flexibility index (Phi) is 3.96. The Morgan fingerprint density at radius 2 is 2.06 bits per heavy atom. The summed E-state index contributed by atoms with van der Waals surface area (Å²) in [5, 5.41) is 21.8. The number of nitrogens with one attached hydrogen (secondary N) is 1. The molecule has 0 heterocycles. The van der Waals surface area contributed by atoms with Gasteiger partial charge in [0.25, 0.3) is 11.6 Å². The van der Waals surface area contributed by atoms with E-state index in [0.29, 0.717) is 5.56 Å². The zero-order valence-corrected chi connectivity index (χ0v) is 8.71. The van der Waals surface area contributed by atoms with E-state index in [1.165, 1.54) is 24.3 Å². The Morgan fingerprint density at radius 3 is 2.50 bits per heavy atom. The van der Waals surface area contributed by atoms with Crippen molar-refractivity contribution in [2.24, 2.45) is 0 Å². The number of carbonyl (C=O) groups is 1. The molecule has 0 bridgehead atoms. The van der Waals surface area contributed by atoms with Crippen molar-refractivity contribution >= 4 is 11.6 Å². The molecule has 86 valence electrons. The largest absolute Gasteiger partial charge is 0.392 e. The van der Waals surface area contributed by atoms with Crippen LogP contribution in [0.4, 0.5) is 5.69 Å². The van der Waals surface area contributed by atoms with E-state index in [0.717, 1.165) is 0 Å². The van der Waals surface area contributed by atoms with Gasteiger partial charge in [-0.15, -0.1) is 0 Å². The Labute approximate surface area is 92.0 Å². The number of non-ortho nitro benzene ring substituents is 1. The monoisotopic (exact) mass is 224 g/mol. The van der Waals surface area contributed by atoms with Crippen molar-refractivity contribution in [1.82, 2.24) is 5.32 Å². The molecular formula is C10H12N2O4. The van der Waals surface area contributed by atoms with Crippen molar-refractivity contribution in [3.63, 3.8) is 0 Å². The van der Waals surface area contributed by atoms with E-state index in [2.05, 4.69) is 5.32 Å². The Morgan fingerprint density at radius 1 is 1.50 bits per heavy atom. The van der Waals surface area contributed by atoms with Crippen LogP contribution in [0.25, 0.3) is 0 Å². The molecule has 0 radical (unpaired) electrons. The minimum atomic E-state index is -0.623. The number of amides is 1. The summed E-state index contributed by atoms with van der Waals surface area (Å²) in [4.78, 5) is 21.3. The molecule has 0 aliphatic rings. The number of hydrogen-bond acceptors (Lipinski definition) is 4. The Bertz CT molecular complexity index is 386. The molecule has 1 aromatic rings. The molecule has 0 saturated carbocycles. The number of benzene rings is 1. The minimum Gasteiger partial charge on any atom is -0.392 e. The molecule has 16 heavy (non-hydrogen) atoms. The predicted molar refractivity (Wildman–Crippen MR) is 57.1 cm³/mol. The van der Waals surface area contributed by atoms with E-state index in [4.69, 9.17) is 5.11 Å². The maximum absolute atomic E-state index is 11.4. The van der Waals surface area contributed by atoms with Gasteiger partial charge in [0, 0.05) is 24.2 Å². The molecule has 6 heteroatoms. The summed E-state index contributed by atoms with van der Waals surface area (Å²) in [6.07, 6.45) is -0.623. The standard InChI is InChI=1S/C10H12N2O4/c1-7(13)6-11-10(14)8-2-4-9(5-3-8)12(15)16/h2-5,7,13H,6H2,1H3,(H,11,14)/t7-/m1/s1. The fourth-order valence-electron chi connectivity index (χ4n) is 1.08. The van der Waals surface area contributed by atoms with Crippen molar-refractivity contribution < 1.29 is 14.8 Å². The summed E-state index contributed by atoms with van der Waals surface area (Å²) in [6, 6.07) is 5.26. The van der Waals surface area contributed by atoms with Gasteiger partial charge in [0.1, 0.15) is 0 Å². The third-order valence-corrected chi connectivity index (χ3v) is 1.90. The summed E-state index contributed by atoms with van der Waals surface area (Å²) < 4.78 is 0. The van der Waals surface area contributed by atoms with Crippen LogP contribution in [0.15, 0.2) is 24.3 Å². The molecule has 0 aromatic heterocycles. The SMILES string of the molecule is C[C@@H](O)CNC(=O)c1ccc([N+](=O)[O-])cc1. The first kappa shape index (κ1) is 12.1. The van der Waals surface area contributed by atoms with E-state index in [1.807, 2.05) is 0 Å². The second-order valence-electron chi connectivity index (χ2n) is 3.36. The first-order valence-corrected chi connectivity index (χ1v) is 4.71. The molecule has 0 fully saturated rings. The molecule has 2 N–H and O–H groups in total. The molecule has 0 aliphatic heterocycles. The van der Waals surface area contributed by atoms with Gasteiger partial charge in [-0.3, -0.25) is 14.9 Å². The smallest absolute Gasteiger partial charge is 0.269 e. The van der Waals surface area contributed by atoms with Crippen molar-refractivity contribution in [3.8, 4) is 0 Å². The van der Waals surface area contributed by atoms with Gasteiger partial charge in [-0.1, -0.05) is 0 Å². The van der Waals surface area contributed by atoms with Crippen LogP contribution in [0.1, 0.15) is 17.3 Å². The second kappa shape index (κ2) is 5.22. The number of aliphatic hydroxyl groups excluding tert-OH is 1. The molecule has 0 spiro atoms. The topological polar surface area (TPSA) is 92.5 Å². The minimum absolute atomic E-state index is 0.0629. The van der Waals surface area contributed by atoms with E-state index < -0.39 is 11.0 Å². The fraction of sp³-hybridized carbons (Fsp3) is 0.300. The number of nitro groups is 1. The number of nitro benzene ring substituents is 1. The van der Waals surface area contributed by atoms with Gasteiger partial charge in [-0.05, 0) is 19.1 Å². The third-order valence-electron chi connectivity index (χ3n) is 1.90. The van der Waals surface area contributed by atoms with Gasteiger partial charge in [0.05, 0.1) is 11.0 Å². The lowest BCUT2D eigenvalue weighted by Gasteiger charge is -2.06. The molecule has 0 saturated heterocycles. The molecule has 1 atom stereocenters. The molecule has 0 unspecified atom stereocenters. The molecule has 1 amide bonds. The summed E-state index contributed by atoms with van der Waals surface area (Å²) in [5.74, 6) is -0.365. The van der Waals surface area contributed by atoms with Crippen LogP contribution in [-0.2, 0) is 0 Å². The number of hydrogen-bond donors (Lipinski definition) is 2. The number of rotatable bonds is 4. The van der Waals surface area contributed by atoms with Crippen LogP contribution in [0.2, 0.25) is 0 Å². The van der Waals surface area contributed by atoms with Gasteiger partial charge in [0.2, 0.25) is 0 Å². The summed E-state index contributed by atoms with van der Waals surface area (Å²) in [7, 11) is 0. The fourth-order valence-corrected chi connectivity index (χ4v) is 1.08. The van der Waals surface area contributed by atoms with Crippen molar-refractivity contribution in [2.45, 2.75) is 13.0 Å². The lowest BCUT2D eigenvalue weighted by molar-refractivity contribution is -0.384. The van der Waals surface area contributed by atoms with Gasteiger partial charge in [-0.2, -0.15) is 0 Å². The van der Waals surface area contributed by atoms with Crippen LogP contribution < -0.4 is 5.32 Å². The average Bonchev–Trinajstić information content (AvgIpc) is 2.26. The highest BCUT2D eigenvalue weighted by molar-refractivity contribution is 5.94. The van der Waals surface area contributed by atoms with E-state index in [-0.39, 0.29) is 18.1 Å². The summed E-state index contributed by atoms with van der Waals surface area (Å²) in [5.41, 5.74) is 0.262. The normalized spacial score (nSPS) is 11.9. The zero-order chi connectivity index (χ0) is 12.1. The summed E-state index contributed by atoms with van der Waals surface area (Å²) >= 11 is 0. The van der Waals surface area contributed by atoms with E-state index in [9.17, 15) is 14.9 Å². The van der Waals surface area contributed by atoms with Gasteiger partial charge >= 0.3 is 0 Å². The van der Waals surface area contributed by atoms with E-state index >= 15 is 0 Å². The van der Waals surface area contributed by atoms with Gasteiger partial charge in [-0.25, -0.2) is 0 Å². The average molecular weight is 224 g/mol. The first-order valence-electron chi connectivity index (χ1n) is 4.71. The number of nitrogens with zero attached hydrogens (tertiary/aromatic N) is 1. The molecule has 1 rings (SSSR count). The van der Waals surface area contributed by atoms with Gasteiger partial charge < -0.3 is 10.4 Å². The number of aliphatic hydroxyl groups is 1. The maximum atomic E-state index is 11.4. The van der Waals surface area contributed by atoms with Crippen molar-refractivity contribution in [2.75, 3.05) is 6.54 Å². The van der Waals surface area contributed by atoms with Crippen LogP contribution in [-0.4, -0.2) is 28.6 Å². The van der Waals surface area contributed by atoms with Crippen LogP contribution in [0.3, 0.4) is 0 Å². The maximum Gasteiger partial charge on any atom is 0.269 e. The lowest BCUT2D eigenvalue weighted by Crippen LogP contribution is -2.30. The van der Waals surface area contributed by atoms with Crippen LogP contribution in [0, 0.1) is 10.1 Å². The third kappa shape index (κ3) is 3.32. The predicted octanol–water partition coefficient (Wildman–Crippen LogP) is 0.705. The molecular weight excluding hydrogens is 212 g/mol. The Hall–Kier alpha value is -1.95. The highest BCUT2D eigenvalue weighted by Crippen LogP contribution is 2.11. The summed E-state index contributed by atoms with van der Waals surface area (Å²) in [6.45, 7) is 1.70. The second-order valence-corrected chi connectivity index (χ2v) is 3.36. The zero-order valence-electron chi connectivity index (χ0n) is 8.71. The van der Waals surface area contributed by atoms with Crippen molar-refractivity contribution in [3.05, 3.63) is 39.9 Å². The van der Waals surface area contributed by atoms with Crippen LogP contribution >= 0.6 is 0 Å². The molecule has 0 aliphatic carbocycles. The lowest BCUT2D eigenvalue weighted by atomic mass is 10.2. The quantitative estimate of drug-likeness (QED) is 0.581. The van der Waals surface area contributed by atoms with Crippen molar-refractivity contribution in [1.29, 1.82) is 0 Å². The van der Waals surface area contributed by atoms with Gasteiger partial charge in [0.15, 0.2) is 0 Å². The van der Waals surface area contributed by atoms with E-state index in [1.54, 1.807) is 6.92 Å². The highest BCUT2D eigenvalue weighted by Gasteiger charge is 2.09. The molecule has 1 aromatic carbocycles. The van der Waals surface area contributed by atoms with Crippen LogP contribution in [0.5, 0.6) is 0 Å². The molecule has 6 nitrogen and oxygen atoms in total. The first-order chi connectivity index (χ1) is 7.50. The number of carbonyl (C=O) groups excluding carboxylic acids is 1.